The Hall–Kier alpha value is -2.14. The number of carbonyl (C=O) groups excluding carboxylic acids is 2. The fourth-order valence-corrected chi connectivity index (χ4v) is 2.46. The van der Waals surface area contributed by atoms with Gasteiger partial charge in [0.2, 0.25) is 0 Å². The van der Waals surface area contributed by atoms with Gasteiger partial charge in [-0.15, -0.1) is 11.3 Å². The Bertz CT molecular complexity index is 617. The van der Waals surface area contributed by atoms with E-state index in [-0.39, 0.29) is 11.8 Å². The number of benzene rings is 1. The second kappa shape index (κ2) is 6.34. The topological polar surface area (TPSA) is 58.2 Å². The van der Waals surface area contributed by atoms with Gasteiger partial charge in [0.1, 0.15) is 0 Å². The van der Waals surface area contributed by atoms with E-state index in [1.54, 1.807) is 18.2 Å². The molecule has 2 rings (SSSR count). The highest BCUT2D eigenvalue weighted by molar-refractivity contribution is 7.13. The van der Waals surface area contributed by atoms with Gasteiger partial charge in [0.25, 0.3) is 11.8 Å². The molecule has 0 spiro atoms. The minimum atomic E-state index is -0.325. The van der Waals surface area contributed by atoms with Crippen LogP contribution in [0.2, 0.25) is 0 Å². The number of nitrogens with one attached hydrogen (secondary N) is 2. The van der Waals surface area contributed by atoms with E-state index in [1.807, 2.05) is 25.1 Å². The zero-order valence-electron chi connectivity index (χ0n) is 11.4. The van der Waals surface area contributed by atoms with E-state index in [2.05, 4.69) is 17.8 Å². The van der Waals surface area contributed by atoms with E-state index in [1.165, 1.54) is 16.9 Å². The third-order valence-corrected chi connectivity index (χ3v) is 3.88. The number of hydrogen-bond acceptors (Lipinski definition) is 3. The maximum atomic E-state index is 11.9. The zero-order chi connectivity index (χ0) is 14.5. The number of aryl methyl sites for hydroxylation is 2. The van der Waals surface area contributed by atoms with E-state index in [0.717, 1.165) is 11.3 Å². The molecule has 2 amide bonds. The molecule has 0 aliphatic rings. The number of rotatable bonds is 3. The molecule has 0 aliphatic carbocycles. The van der Waals surface area contributed by atoms with Gasteiger partial charge in [-0.05, 0) is 43.2 Å². The molecule has 1 aromatic carbocycles. The average molecular weight is 288 g/mol. The van der Waals surface area contributed by atoms with Gasteiger partial charge in [-0.3, -0.25) is 20.4 Å². The molecule has 0 fully saturated rings. The van der Waals surface area contributed by atoms with Crippen LogP contribution < -0.4 is 10.9 Å². The van der Waals surface area contributed by atoms with Gasteiger partial charge >= 0.3 is 0 Å². The number of hydrogen-bond donors (Lipinski definition) is 2. The van der Waals surface area contributed by atoms with Gasteiger partial charge in [0.05, 0.1) is 4.88 Å². The van der Waals surface area contributed by atoms with Crippen molar-refractivity contribution in [2.45, 2.75) is 20.3 Å². The van der Waals surface area contributed by atoms with Gasteiger partial charge in [-0.2, -0.15) is 0 Å². The Labute approximate surface area is 121 Å². The maximum absolute atomic E-state index is 11.9. The highest BCUT2D eigenvalue weighted by atomic mass is 32.1. The summed E-state index contributed by atoms with van der Waals surface area (Å²) in [6, 6.07) is 10.9. The first kappa shape index (κ1) is 14.3. The molecule has 4 nitrogen and oxygen atoms in total. The van der Waals surface area contributed by atoms with Crippen LogP contribution in [-0.2, 0) is 6.42 Å². The van der Waals surface area contributed by atoms with Crippen LogP contribution in [0.1, 0.15) is 37.4 Å². The van der Waals surface area contributed by atoms with Crippen molar-refractivity contribution < 1.29 is 9.59 Å². The van der Waals surface area contributed by atoms with E-state index < -0.39 is 0 Å². The molecular formula is C15H16N2O2S. The number of thiophene rings is 1. The summed E-state index contributed by atoms with van der Waals surface area (Å²) in [4.78, 5) is 25.3. The van der Waals surface area contributed by atoms with E-state index in [9.17, 15) is 9.59 Å². The largest absolute Gasteiger partial charge is 0.279 e. The Balaban J connectivity index is 1.92. The molecule has 5 heteroatoms. The highest BCUT2D eigenvalue weighted by Gasteiger charge is 2.10. The summed E-state index contributed by atoms with van der Waals surface area (Å²) in [6.45, 7) is 3.98. The molecule has 20 heavy (non-hydrogen) atoms. The lowest BCUT2D eigenvalue weighted by Gasteiger charge is -2.06. The third kappa shape index (κ3) is 3.45. The highest BCUT2D eigenvalue weighted by Crippen LogP contribution is 2.14. The molecule has 2 N–H and O–H groups in total. The van der Waals surface area contributed by atoms with E-state index in [0.29, 0.717) is 10.4 Å². The van der Waals surface area contributed by atoms with Crippen molar-refractivity contribution in [1.29, 1.82) is 0 Å². The van der Waals surface area contributed by atoms with Crippen molar-refractivity contribution in [2.75, 3.05) is 0 Å². The molecule has 0 bridgehead atoms. The van der Waals surface area contributed by atoms with Crippen molar-refractivity contribution >= 4 is 23.2 Å². The van der Waals surface area contributed by atoms with E-state index in [4.69, 9.17) is 0 Å². The van der Waals surface area contributed by atoms with Gasteiger partial charge in [-0.25, -0.2) is 0 Å². The van der Waals surface area contributed by atoms with Crippen molar-refractivity contribution in [3.63, 3.8) is 0 Å². The van der Waals surface area contributed by atoms with Crippen molar-refractivity contribution in [1.82, 2.24) is 10.9 Å². The summed E-state index contributed by atoms with van der Waals surface area (Å²) in [5, 5.41) is 0. The SMILES string of the molecule is CCc1ccc(C(=O)NNC(=O)c2ccc(C)s2)cc1. The molecule has 0 unspecified atom stereocenters. The van der Waals surface area contributed by atoms with Crippen LogP contribution >= 0.6 is 11.3 Å². The monoisotopic (exact) mass is 288 g/mol. The minimum absolute atomic E-state index is 0.304. The van der Waals surface area contributed by atoms with E-state index >= 15 is 0 Å². The van der Waals surface area contributed by atoms with Crippen molar-refractivity contribution in [3.05, 3.63) is 57.3 Å². The summed E-state index contributed by atoms with van der Waals surface area (Å²) < 4.78 is 0. The predicted molar refractivity (Wildman–Crippen MR) is 79.8 cm³/mol. The van der Waals surface area contributed by atoms with Crippen LogP contribution in [0.15, 0.2) is 36.4 Å². The fraction of sp³-hybridized carbons (Fsp3) is 0.200. The number of carbonyl (C=O) groups is 2. The quantitative estimate of drug-likeness (QED) is 0.853. The van der Waals surface area contributed by atoms with Crippen LogP contribution in [0, 0.1) is 6.92 Å². The first-order valence-corrected chi connectivity index (χ1v) is 7.18. The van der Waals surface area contributed by atoms with Crippen LogP contribution in [-0.4, -0.2) is 11.8 Å². The molecular weight excluding hydrogens is 272 g/mol. The predicted octanol–water partition coefficient (Wildman–Crippen LogP) is 2.69. The first-order chi connectivity index (χ1) is 9.60. The van der Waals surface area contributed by atoms with Crippen LogP contribution in [0.25, 0.3) is 0 Å². The van der Waals surface area contributed by atoms with Gasteiger partial charge in [0, 0.05) is 10.4 Å². The number of hydrazine groups is 1. The molecule has 2 aromatic rings. The van der Waals surface area contributed by atoms with Gasteiger partial charge in [-0.1, -0.05) is 19.1 Å². The zero-order valence-corrected chi connectivity index (χ0v) is 12.2. The van der Waals surface area contributed by atoms with Crippen LogP contribution in [0.3, 0.4) is 0 Å². The van der Waals surface area contributed by atoms with Crippen molar-refractivity contribution in [3.8, 4) is 0 Å². The molecule has 0 saturated carbocycles. The molecule has 0 radical (unpaired) electrons. The summed E-state index contributed by atoms with van der Waals surface area (Å²) in [6.07, 6.45) is 0.927. The normalized spacial score (nSPS) is 10.1. The fourth-order valence-electron chi connectivity index (χ4n) is 1.70. The summed E-state index contributed by atoms with van der Waals surface area (Å²) in [5.41, 5.74) is 6.51. The molecule has 0 aliphatic heterocycles. The summed E-state index contributed by atoms with van der Waals surface area (Å²) in [5.74, 6) is -0.629. The first-order valence-electron chi connectivity index (χ1n) is 6.36. The Kier molecular flexibility index (Phi) is 4.53. The summed E-state index contributed by atoms with van der Waals surface area (Å²) in [7, 11) is 0. The minimum Gasteiger partial charge on any atom is -0.267 e. The van der Waals surface area contributed by atoms with Gasteiger partial charge < -0.3 is 0 Å². The Morgan fingerprint density at radius 2 is 1.65 bits per heavy atom. The molecule has 1 heterocycles. The third-order valence-electron chi connectivity index (χ3n) is 2.88. The lowest BCUT2D eigenvalue weighted by atomic mass is 10.1. The molecule has 1 aromatic heterocycles. The second-order valence-electron chi connectivity index (χ2n) is 4.37. The van der Waals surface area contributed by atoms with Gasteiger partial charge in [0.15, 0.2) is 0 Å². The Morgan fingerprint density at radius 3 is 2.20 bits per heavy atom. The number of amides is 2. The lowest BCUT2D eigenvalue weighted by molar-refractivity contribution is 0.0849. The summed E-state index contributed by atoms with van der Waals surface area (Å²) >= 11 is 1.38. The smallest absolute Gasteiger partial charge is 0.267 e. The van der Waals surface area contributed by atoms with Crippen LogP contribution in [0.4, 0.5) is 0 Å². The average Bonchev–Trinajstić information content (AvgIpc) is 2.91. The molecule has 0 atom stereocenters. The Morgan fingerprint density at radius 1 is 1.00 bits per heavy atom. The molecule has 0 saturated heterocycles. The van der Waals surface area contributed by atoms with Crippen LogP contribution in [0.5, 0.6) is 0 Å². The maximum Gasteiger partial charge on any atom is 0.279 e. The second-order valence-corrected chi connectivity index (χ2v) is 5.66. The standard InChI is InChI=1S/C15H16N2O2S/c1-3-11-5-7-12(8-6-11)14(18)16-17-15(19)13-9-4-10(2)20-13/h4-9H,3H2,1-2H3,(H,16,18)(H,17,19). The van der Waals surface area contributed by atoms with Crippen molar-refractivity contribution in [2.24, 2.45) is 0 Å². The molecule has 104 valence electrons. The lowest BCUT2D eigenvalue weighted by Crippen LogP contribution is -2.41.